The second-order valence-corrected chi connectivity index (χ2v) is 3.98. The number of halogens is 3. The summed E-state index contributed by atoms with van der Waals surface area (Å²) < 4.78 is 38.1. The van der Waals surface area contributed by atoms with Gasteiger partial charge in [-0.2, -0.15) is 13.2 Å². The molecular weight excluding hydrogens is 217 g/mol. The number of anilines is 2. The number of nitrogens with two attached hydrogens (primary N) is 1. The van der Waals surface area contributed by atoms with Gasteiger partial charge in [-0.05, 0) is 37.1 Å². The van der Waals surface area contributed by atoms with Gasteiger partial charge in [-0.15, -0.1) is 0 Å². The molecule has 0 unspecified atom stereocenters. The predicted octanol–water partition coefficient (Wildman–Crippen LogP) is 2.80. The van der Waals surface area contributed by atoms with E-state index in [4.69, 9.17) is 5.73 Å². The summed E-state index contributed by atoms with van der Waals surface area (Å²) in [6, 6.07) is 5.18. The highest BCUT2D eigenvalue weighted by Gasteiger charge is 2.45. The first-order chi connectivity index (χ1) is 7.48. The van der Waals surface area contributed by atoms with Crippen molar-refractivity contribution in [2.45, 2.75) is 25.1 Å². The van der Waals surface area contributed by atoms with Gasteiger partial charge in [-0.1, -0.05) is 0 Å². The molecule has 1 atom stereocenters. The molecule has 0 aromatic heterocycles. The Bertz CT molecular complexity index is 358. The van der Waals surface area contributed by atoms with Gasteiger partial charge in [0.25, 0.3) is 0 Å². The van der Waals surface area contributed by atoms with E-state index in [1.54, 1.807) is 24.3 Å². The minimum absolute atomic E-state index is 0.174. The molecule has 1 aliphatic heterocycles. The lowest BCUT2D eigenvalue weighted by molar-refractivity contribution is -0.145. The standard InChI is InChI=1S/C11H13F3N2/c12-11(13,14)10-2-1-7-16(10)9-5-3-8(15)4-6-9/h3-6,10H,1-2,7,15H2/t10-/m1/s1. The van der Waals surface area contributed by atoms with Crippen LogP contribution in [0.1, 0.15) is 12.8 Å². The molecule has 1 heterocycles. The fourth-order valence-electron chi connectivity index (χ4n) is 2.08. The first-order valence-corrected chi connectivity index (χ1v) is 5.17. The second kappa shape index (κ2) is 3.88. The molecule has 1 fully saturated rings. The maximum absolute atomic E-state index is 12.7. The zero-order valence-electron chi connectivity index (χ0n) is 8.67. The zero-order valence-corrected chi connectivity index (χ0v) is 8.67. The number of hydrogen-bond donors (Lipinski definition) is 1. The topological polar surface area (TPSA) is 29.3 Å². The highest BCUT2D eigenvalue weighted by Crippen LogP contribution is 2.35. The van der Waals surface area contributed by atoms with Gasteiger partial charge in [0.15, 0.2) is 0 Å². The number of nitrogen functional groups attached to an aromatic ring is 1. The number of benzene rings is 1. The van der Waals surface area contributed by atoms with Gasteiger partial charge in [-0.25, -0.2) is 0 Å². The fourth-order valence-corrected chi connectivity index (χ4v) is 2.08. The van der Waals surface area contributed by atoms with Crippen LogP contribution in [0, 0.1) is 0 Å². The molecule has 1 aromatic rings. The fraction of sp³-hybridized carbons (Fsp3) is 0.455. The molecule has 1 aliphatic rings. The van der Waals surface area contributed by atoms with E-state index < -0.39 is 12.2 Å². The molecule has 2 N–H and O–H groups in total. The number of hydrogen-bond acceptors (Lipinski definition) is 2. The lowest BCUT2D eigenvalue weighted by Crippen LogP contribution is -2.41. The Morgan fingerprint density at radius 3 is 2.38 bits per heavy atom. The first-order valence-electron chi connectivity index (χ1n) is 5.17. The molecule has 0 saturated carbocycles. The zero-order chi connectivity index (χ0) is 11.8. The predicted molar refractivity (Wildman–Crippen MR) is 57.3 cm³/mol. The van der Waals surface area contributed by atoms with Crippen molar-refractivity contribution in [3.05, 3.63) is 24.3 Å². The molecule has 88 valence electrons. The summed E-state index contributed by atoms with van der Waals surface area (Å²) in [5.74, 6) is 0. The van der Waals surface area contributed by atoms with Gasteiger partial charge >= 0.3 is 6.18 Å². The van der Waals surface area contributed by atoms with Crippen molar-refractivity contribution < 1.29 is 13.2 Å². The third-order valence-electron chi connectivity index (χ3n) is 2.86. The third-order valence-corrected chi connectivity index (χ3v) is 2.86. The Labute approximate surface area is 91.8 Å². The van der Waals surface area contributed by atoms with Crippen molar-refractivity contribution in [3.63, 3.8) is 0 Å². The summed E-state index contributed by atoms with van der Waals surface area (Å²) in [6.07, 6.45) is -3.40. The van der Waals surface area contributed by atoms with Crippen LogP contribution in [0.5, 0.6) is 0 Å². The Hall–Kier alpha value is -1.39. The van der Waals surface area contributed by atoms with Crippen molar-refractivity contribution in [1.82, 2.24) is 0 Å². The van der Waals surface area contributed by atoms with Crippen molar-refractivity contribution in [3.8, 4) is 0 Å². The van der Waals surface area contributed by atoms with Crippen LogP contribution in [-0.4, -0.2) is 18.8 Å². The van der Waals surface area contributed by atoms with Gasteiger partial charge in [-0.3, -0.25) is 0 Å². The monoisotopic (exact) mass is 230 g/mol. The van der Waals surface area contributed by atoms with Gasteiger partial charge < -0.3 is 10.6 Å². The van der Waals surface area contributed by atoms with Gasteiger partial charge in [0.1, 0.15) is 6.04 Å². The molecule has 0 bridgehead atoms. The van der Waals surface area contributed by atoms with E-state index in [2.05, 4.69) is 0 Å². The average molecular weight is 230 g/mol. The maximum atomic E-state index is 12.7. The van der Waals surface area contributed by atoms with Crippen LogP contribution in [0.15, 0.2) is 24.3 Å². The molecule has 2 rings (SSSR count). The number of rotatable bonds is 1. The van der Waals surface area contributed by atoms with Crippen LogP contribution in [-0.2, 0) is 0 Å². The molecule has 0 amide bonds. The molecule has 5 heteroatoms. The van der Waals surface area contributed by atoms with Crippen molar-refractivity contribution >= 4 is 11.4 Å². The summed E-state index contributed by atoms with van der Waals surface area (Å²) in [6.45, 7) is 0.452. The molecule has 1 saturated heterocycles. The summed E-state index contributed by atoms with van der Waals surface area (Å²) in [5.41, 5.74) is 6.66. The van der Waals surface area contributed by atoms with Gasteiger partial charge in [0.05, 0.1) is 0 Å². The van der Waals surface area contributed by atoms with E-state index in [9.17, 15) is 13.2 Å². The van der Waals surface area contributed by atoms with Crippen LogP contribution >= 0.6 is 0 Å². The smallest absolute Gasteiger partial charge is 0.399 e. The molecule has 2 nitrogen and oxygen atoms in total. The Morgan fingerprint density at radius 2 is 1.81 bits per heavy atom. The normalized spacial score (nSPS) is 21.4. The number of alkyl halides is 3. The SMILES string of the molecule is Nc1ccc(N2CCC[C@@H]2C(F)(F)F)cc1. The van der Waals surface area contributed by atoms with Crippen LogP contribution < -0.4 is 10.6 Å². The molecule has 0 aliphatic carbocycles. The van der Waals surface area contributed by atoms with Crippen LogP contribution in [0.4, 0.5) is 24.5 Å². The van der Waals surface area contributed by atoms with Gasteiger partial charge in [0, 0.05) is 17.9 Å². The Kier molecular flexibility index (Phi) is 2.69. The van der Waals surface area contributed by atoms with Crippen molar-refractivity contribution in [2.75, 3.05) is 17.2 Å². The highest BCUT2D eigenvalue weighted by atomic mass is 19.4. The van der Waals surface area contributed by atoms with E-state index >= 15 is 0 Å². The molecule has 1 aromatic carbocycles. The van der Waals surface area contributed by atoms with E-state index in [0.717, 1.165) is 0 Å². The van der Waals surface area contributed by atoms with Crippen molar-refractivity contribution in [2.24, 2.45) is 0 Å². The Balaban J connectivity index is 2.23. The molecule has 0 radical (unpaired) electrons. The second-order valence-electron chi connectivity index (χ2n) is 3.98. The van der Waals surface area contributed by atoms with E-state index in [0.29, 0.717) is 24.3 Å². The van der Waals surface area contributed by atoms with E-state index in [1.165, 1.54) is 4.90 Å². The third kappa shape index (κ3) is 2.08. The summed E-state index contributed by atoms with van der Waals surface area (Å²) in [7, 11) is 0. The highest BCUT2D eigenvalue weighted by molar-refractivity contribution is 5.54. The summed E-state index contributed by atoms with van der Waals surface area (Å²) >= 11 is 0. The Morgan fingerprint density at radius 1 is 1.19 bits per heavy atom. The van der Waals surface area contributed by atoms with Crippen LogP contribution in [0.3, 0.4) is 0 Å². The lowest BCUT2D eigenvalue weighted by atomic mass is 10.2. The summed E-state index contributed by atoms with van der Waals surface area (Å²) in [4.78, 5) is 1.40. The van der Waals surface area contributed by atoms with Crippen molar-refractivity contribution in [1.29, 1.82) is 0 Å². The number of nitrogens with zero attached hydrogens (tertiary/aromatic N) is 1. The molecule has 16 heavy (non-hydrogen) atoms. The van der Waals surface area contributed by atoms with Gasteiger partial charge in [0.2, 0.25) is 0 Å². The summed E-state index contributed by atoms with van der Waals surface area (Å²) in [5, 5.41) is 0. The quantitative estimate of drug-likeness (QED) is 0.752. The molecule has 0 spiro atoms. The maximum Gasteiger partial charge on any atom is 0.408 e. The first kappa shape index (κ1) is 11.1. The molecular formula is C11H13F3N2. The van der Waals surface area contributed by atoms with Crippen LogP contribution in [0.25, 0.3) is 0 Å². The minimum Gasteiger partial charge on any atom is -0.399 e. The van der Waals surface area contributed by atoms with E-state index in [-0.39, 0.29) is 6.42 Å². The lowest BCUT2D eigenvalue weighted by Gasteiger charge is -2.28. The van der Waals surface area contributed by atoms with Crippen LogP contribution in [0.2, 0.25) is 0 Å². The minimum atomic E-state index is -4.15. The average Bonchev–Trinajstić information content (AvgIpc) is 2.66. The largest absolute Gasteiger partial charge is 0.408 e. The van der Waals surface area contributed by atoms with E-state index in [1.807, 2.05) is 0 Å².